The normalized spacial score (nSPS) is 18.2. The summed E-state index contributed by atoms with van der Waals surface area (Å²) in [4.78, 5) is 38.3. The summed E-state index contributed by atoms with van der Waals surface area (Å²) in [5.41, 5.74) is 0.0374. The number of benzene rings is 1. The number of ether oxygens (including phenoxy) is 3. The van der Waals surface area contributed by atoms with E-state index in [0.29, 0.717) is 12.8 Å². The molecule has 0 amide bonds. The first-order valence-corrected chi connectivity index (χ1v) is 16.2. The van der Waals surface area contributed by atoms with Gasteiger partial charge in [0.2, 0.25) is 0 Å². The van der Waals surface area contributed by atoms with E-state index in [1.54, 1.807) is 0 Å². The van der Waals surface area contributed by atoms with Crippen LogP contribution in [0.2, 0.25) is 0 Å². The molecule has 43 heavy (non-hydrogen) atoms. The summed E-state index contributed by atoms with van der Waals surface area (Å²) in [5, 5.41) is -0.509. The van der Waals surface area contributed by atoms with E-state index in [0.717, 1.165) is 18.4 Å². The maximum Gasteiger partial charge on any atom is 0.307 e. The van der Waals surface area contributed by atoms with Crippen molar-refractivity contribution in [2.24, 2.45) is 17.3 Å². The quantitative estimate of drug-likeness (QED) is 0.0704. The largest absolute Gasteiger partial charge is 0.465 e. The number of carbonyl (C=O) groups excluding carboxylic acids is 3. The third-order valence-corrected chi connectivity index (χ3v) is 8.45. The van der Waals surface area contributed by atoms with Gasteiger partial charge in [-0.25, -0.2) is 0 Å². The second kappa shape index (κ2) is 20.3. The molecule has 2 rings (SSSR count). The van der Waals surface area contributed by atoms with Crippen LogP contribution < -0.4 is 0 Å². The van der Waals surface area contributed by atoms with Crippen molar-refractivity contribution in [2.45, 2.75) is 76.2 Å². The van der Waals surface area contributed by atoms with Gasteiger partial charge >= 0.3 is 17.9 Å². The first-order chi connectivity index (χ1) is 20.7. The van der Waals surface area contributed by atoms with E-state index in [4.69, 9.17) is 14.2 Å². The molecule has 3 unspecified atom stereocenters. The number of thiol groups is 2. The zero-order valence-electron chi connectivity index (χ0n) is 25.7. The highest BCUT2D eigenvalue weighted by Gasteiger charge is 2.35. The lowest BCUT2D eigenvalue weighted by Gasteiger charge is -2.31. The van der Waals surface area contributed by atoms with Gasteiger partial charge in [-0.3, -0.25) is 14.4 Å². The lowest BCUT2D eigenvalue weighted by Crippen LogP contribution is -2.39. The first kappa shape index (κ1) is 36.5. The van der Waals surface area contributed by atoms with Gasteiger partial charge in [0.1, 0.15) is 19.8 Å². The van der Waals surface area contributed by atoms with Crippen LogP contribution in [0.3, 0.4) is 0 Å². The summed E-state index contributed by atoms with van der Waals surface area (Å²) < 4.78 is 17.1. The lowest BCUT2D eigenvalue weighted by molar-refractivity contribution is -0.162. The van der Waals surface area contributed by atoms with Crippen LogP contribution in [0.5, 0.6) is 0 Å². The van der Waals surface area contributed by atoms with Crippen LogP contribution in [0, 0.1) is 17.3 Å². The Bertz CT molecular complexity index is 1110. The Labute approximate surface area is 268 Å². The van der Waals surface area contributed by atoms with Crippen molar-refractivity contribution in [2.75, 3.05) is 19.8 Å². The van der Waals surface area contributed by atoms with Gasteiger partial charge in [0.25, 0.3) is 0 Å². The van der Waals surface area contributed by atoms with E-state index in [9.17, 15) is 14.4 Å². The predicted octanol–water partition coefficient (Wildman–Crippen LogP) is 7.83. The van der Waals surface area contributed by atoms with E-state index < -0.39 is 17.4 Å². The smallest absolute Gasteiger partial charge is 0.307 e. The van der Waals surface area contributed by atoms with Crippen LogP contribution in [-0.4, -0.2) is 43.0 Å². The third kappa shape index (κ3) is 14.5. The Morgan fingerprint density at radius 3 is 2.07 bits per heavy atom. The van der Waals surface area contributed by atoms with Crippen LogP contribution in [0.1, 0.15) is 76.5 Å². The highest BCUT2D eigenvalue weighted by molar-refractivity contribution is 7.81. The topological polar surface area (TPSA) is 78.9 Å². The summed E-state index contributed by atoms with van der Waals surface area (Å²) in [6, 6.07) is 9.51. The van der Waals surface area contributed by atoms with E-state index >= 15 is 0 Å². The van der Waals surface area contributed by atoms with Crippen molar-refractivity contribution in [1.29, 1.82) is 0 Å². The fourth-order valence-corrected chi connectivity index (χ4v) is 5.09. The molecule has 1 aromatic rings. The molecule has 8 heteroatoms. The van der Waals surface area contributed by atoms with Gasteiger partial charge < -0.3 is 14.2 Å². The SMILES string of the molecule is CC/C=C\C=C/CC(S)CC(=O)OC[C@](CC)(COC(=O)CC(S)c1ccccc1)COC(=O)CC(C)[C@@H]1C=CC=CC1. The van der Waals surface area contributed by atoms with Gasteiger partial charge in [0.15, 0.2) is 0 Å². The molecule has 0 bridgehead atoms. The van der Waals surface area contributed by atoms with Crippen molar-refractivity contribution in [3.63, 3.8) is 0 Å². The van der Waals surface area contributed by atoms with Gasteiger partial charge in [0.05, 0.1) is 18.3 Å². The molecule has 0 N–H and O–H groups in total. The molecule has 236 valence electrons. The minimum atomic E-state index is -0.881. The monoisotopic (exact) mass is 628 g/mol. The summed E-state index contributed by atoms with van der Waals surface area (Å²) in [7, 11) is 0. The molecular weight excluding hydrogens is 581 g/mol. The van der Waals surface area contributed by atoms with E-state index in [2.05, 4.69) is 44.3 Å². The fraction of sp³-hybridized carbons (Fsp3) is 0.514. The zero-order valence-corrected chi connectivity index (χ0v) is 27.5. The summed E-state index contributed by atoms with van der Waals surface area (Å²) >= 11 is 9.09. The molecule has 0 aromatic heterocycles. The molecule has 0 saturated heterocycles. The Morgan fingerprint density at radius 2 is 1.49 bits per heavy atom. The molecule has 0 fully saturated rings. The second-order valence-corrected chi connectivity index (χ2v) is 12.6. The molecule has 5 atom stereocenters. The zero-order chi connectivity index (χ0) is 31.5. The lowest BCUT2D eigenvalue weighted by atomic mass is 9.86. The van der Waals surface area contributed by atoms with Gasteiger partial charge in [-0.05, 0) is 43.1 Å². The van der Waals surface area contributed by atoms with Crippen LogP contribution in [0.15, 0.2) is 78.9 Å². The number of carbonyl (C=O) groups is 3. The van der Waals surface area contributed by atoms with E-state index in [1.165, 1.54) is 0 Å². The molecule has 0 aliphatic heterocycles. The van der Waals surface area contributed by atoms with Crippen LogP contribution in [0.4, 0.5) is 0 Å². The Morgan fingerprint density at radius 1 is 0.884 bits per heavy atom. The number of hydrogen-bond acceptors (Lipinski definition) is 8. The molecule has 0 radical (unpaired) electrons. The standard InChI is InChI=1S/C35H48O6S2/c1-4-6-7-8-15-20-30(42)22-33(37)40-25-35(5-2,24-39-32(36)21-27(3)28-16-11-9-12-17-28)26-41-34(38)23-31(43)29-18-13-10-14-19-29/h6-16,18-19,27-28,30-31,42-43H,4-5,17,20-26H2,1-3H3/b7-6-,15-8-/t27?,28-,30?,31?,35-/m1/s1. The third-order valence-electron chi connectivity index (χ3n) is 7.58. The number of hydrogen-bond donors (Lipinski definition) is 2. The molecule has 1 aliphatic carbocycles. The average Bonchev–Trinajstić information content (AvgIpc) is 3.01. The molecule has 0 saturated carbocycles. The molecule has 0 spiro atoms. The molecule has 1 aromatic carbocycles. The highest BCUT2D eigenvalue weighted by atomic mass is 32.1. The number of esters is 3. The maximum atomic E-state index is 12.8. The second-order valence-electron chi connectivity index (χ2n) is 11.2. The first-order valence-electron chi connectivity index (χ1n) is 15.2. The summed E-state index contributed by atoms with van der Waals surface area (Å²) in [6.07, 6.45) is 19.6. The van der Waals surface area contributed by atoms with Crippen molar-refractivity contribution >= 4 is 43.2 Å². The Kier molecular flexibility index (Phi) is 17.2. The van der Waals surface area contributed by atoms with Crippen molar-refractivity contribution in [3.05, 3.63) is 84.5 Å². The number of allylic oxidation sites excluding steroid dienone is 8. The summed E-state index contributed by atoms with van der Waals surface area (Å²) in [5.74, 6) is -0.766. The highest BCUT2D eigenvalue weighted by Crippen LogP contribution is 2.29. The van der Waals surface area contributed by atoms with Gasteiger partial charge in [0, 0.05) is 16.9 Å². The van der Waals surface area contributed by atoms with Gasteiger partial charge in [-0.1, -0.05) is 99.7 Å². The summed E-state index contributed by atoms with van der Waals surface area (Å²) in [6.45, 7) is 5.87. The molecule has 6 nitrogen and oxygen atoms in total. The molecule has 1 aliphatic rings. The van der Waals surface area contributed by atoms with Gasteiger partial charge in [-0.15, -0.1) is 0 Å². The predicted molar refractivity (Wildman–Crippen MR) is 179 cm³/mol. The minimum absolute atomic E-state index is 0.0319. The molecular formula is C35H48O6S2. The Hall–Kier alpha value is -2.71. The Balaban J connectivity index is 1.99. The number of rotatable bonds is 19. The maximum absolute atomic E-state index is 12.8. The van der Waals surface area contributed by atoms with Crippen LogP contribution >= 0.6 is 25.3 Å². The van der Waals surface area contributed by atoms with Crippen molar-refractivity contribution < 1.29 is 28.6 Å². The minimum Gasteiger partial charge on any atom is -0.465 e. The van der Waals surface area contributed by atoms with Crippen molar-refractivity contribution in [3.8, 4) is 0 Å². The van der Waals surface area contributed by atoms with E-state index in [-0.39, 0.29) is 67.4 Å². The average molecular weight is 629 g/mol. The van der Waals surface area contributed by atoms with Gasteiger partial charge in [-0.2, -0.15) is 25.3 Å². The molecule has 0 heterocycles. The fourth-order valence-electron chi connectivity index (χ4n) is 4.50. The van der Waals surface area contributed by atoms with Crippen LogP contribution in [0.25, 0.3) is 0 Å². The van der Waals surface area contributed by atoms with E-state index in [1.807, 2.05) is 80.6 Å². The van der Waals surface area contributed by atoms with Crippen molar-refractivity contribution in [1.82, 2.24) is 0 Å². The van der Waals surface area contributed by atoms with Crippen LogP contribution in [-0.2, 0) is 28.6 Å².